The van der Waals surface area contributed by atoms with Crippen LogP contribution in [0.15, 0.2) is 54.6 Å². The number of aryl methyl sites for hydroxylation is 1. The smallest absolute Gasteiger partial charge is 0.0566 e. The average Bonchev–Trinajstić information content (AvgIpc) is 2.78. The average molecular weight is 265 g/mol. The molecule has 0 bridgehead atoms. The van der Waals surface area contributed by atoms with Crippen molar-refractivity contribution >= 4 is 28.0 Å². The third kappa shape index (κ3) is 2.32. The second-order valence-corrected chi connectivity index (χ2v) is 5.25. The van der Waals surface area contributed by atoms with E-state index in [2.05, 4.69) is 54.4 Å². The molecule has 0 spiro atoms. The summed E-state index contributed by atoms with van der Waals surface area (Å²) in [5.74, 6) is 0. The molecule has 1 N–H and O–H groups in total. The van der Waals surface area contributed by atoms with E-state index in [0.29, 0.717) is 0 Å². The highest BCUT2D eigenvalue weighted by molar-refractivity contribution is 7.80. The number of hydrogen-bond donors (Lipinski definition) is 1. The predicted molar refractivity (Wildman–Crippen MR) is 84.9 cm³/mol. The Kier molecular flexibility index (Phi) is 3.18. The number of hydrogen-bond acceptors (Lipinski definition) is 1. The fourth-order valence-electron chi connectivity index (χ4n) is 2.43. The van der Waals surface area contributed by atoms with Gasteiger partial charge >= 0.3 is 0 Å². The first-order chi connectivity index (χ1) is 9.25. The van der Waals surface area contributed by atoms with E-state index < -0.39 is 0 Å². The van der Waals surface area contributed by atoms with E-state index in [4.69, 9.17) is 12.2 Å². The Morgan fingerprint density at radius 1 is 1.00 bits per heavy atom. The first-order valence-electron chi connectivity index (χ1n) is 6.40. The fourth-order valence-corrected chi connectivity index (χ4v) is 2.80. The zero-order chi connectivity index (χ0) is 13.2. The molecule has 94 valence electrons. The van der Waals surface area contributed by atoms with Crippen LogP contribution in [-0.2, 0) is 6.42 Å². The van der Waals surface area contributed by atoms with Crippen molar-refractivity contribution in [2.45, 2.75) is 13.3 Å². The number of nitrogens with one attached hydrogen (secondary N) is 1. The SMILES string of the molecule is Cc1c(C(=S)Cc2ccccc2)[nH]c2ccccc12. The van der Waals surface area contributed by atoms with Crippen LogP contribution in [-0.4, -0.2) is 9.85 Å². The van der Waals surface area contributed by atoms with Crippen molar-refractivity contribution in [3.63, 3.8) is 0 Å². The first-order valence-corrected chi connectivity index (χ1v) is 6.81. The molecule has 0 aliphatic carbocycles. The third-order valence-corrected chi connectivity index (χ3v) is 3.80. The molecule has 19 heavy (non-hydrogen) atoms. The zero-order valence-corrected chi connectivity index (χ0v) is 11.6. The van der Waals surface area contributed by atoms with E-state index in [-0.39, 0.29) is 0 Å². The summed E-state index contributed by atoms with van der Waals surface area (Å²) in [7, 11) is 0. The Hall–Kier alpha value is -1.93. The second kappa shape index (κ2) is 4.98. The highest BCUT2D eigenvalue weighted by Crippen LogP contribution is 2.22. The minimum Gasteiger partial charge on any atom is -0.354 e. The lowest BCUT2D eigenvalue weighted by Gasteiger charge is -2.03. The van der Waals surface area contributed by atoms with Gasteiger partial charge in [-0.3, -0.25) is 0 Å². The van der Waals surface area contributed by atoms with Crippen LogP contribution in [0.3, 0.4) is 0 Å². The normalized spacial score (nSPS) is 10.8. The van der Waals surface area contributed by atoms with Gasteiger partial charge in [-0.25, -0.2) is 0 Å². The molecular weight excluding hydrogens is 250 g/mol. The van der Waals surface area contributed by atoms with Crippen LogP contribution >= 0.6 is 12.2 Å². The van der Waals surface area contributed by atoms with Crippen LogP contribution in [0.1, 0.15) is 16.8 Å². The molecule has 3 rings (SSSR count). The summed E-state index contributed by atoms with van der Waals surface area (Å²) >= 11 is 5.60. The maximum Gasteiger partial charge on any atom is 0.0566 e. The molecule has 0 aliphatic heterocycles. The molecule has 0 saturated carbocycles. The molecule has 3 aromatic rings. The van der Waals surface area contributed by atoms with Crippen molar-refractivity contribution in [1.82, 2.24) is 4.98 Å². The number of fused-ring (bicyclic) bond motifs is 1. The predicted octanol–water partition coefficient (Wildman–Crippen LogP) is 4.44. The van der Waals surface area contributed by atoms with Gasteiger partial charge in [-0.05, 0) is 24.1 Å². The Balaban J connectivity index is 1.96. The van der Waals surface area contributed by atoms with Gasteiger partial charge in [-0.2, -0.15) is 0 Å². The molecule has 2 heteroatoms. The van der Waals surface area contributed by atoms with Gasteiger partial charge < -0.3 is 4.98 Å². The number of para-hydroxylation sites is 1. The lowest BCUT2D eigenvalue weighted by Crippen LogP contribution is -2.03. The number of H-pyrrole nitrogens is 1. The van der Waals surface area contributed by atoms with Crippen molar-refractivity contribution in [3.05, 3.63) is 71.4 Å². The minimum absolute atomic E-state index is 0.809. The third-order valence-electron chi connectivity index (χ3n) is 3.45. The number of rotatable bonds is 3. The van der Waals surface area contributed by atoms with Crippen LogP contribution < -0.4 is 0 Å². The molecular formula is C17H15NS. The maximum atomic E-state index is 5.60. The lowest BCUT2D eigenvalue weighted by molar-refractivity contribution is 1.30. The van der Waals surface area contributed by atoms with Gasteiger partial charge in [0, 0.05) is 22.2 Å². The minimum atomic E-state index is 0.809. The molecule has 0 unspecified atom stereocenters. The van der Waals surface area contributed by atoms with E-state index in [0.717, 1.165) is 22.5 Å². The van der Waals surface area contributed by atoms with Gasteiger partial charge in [0.25, 0.3) is 0 Å². The Morgan fingerprint density at radius 3 is 2.42 bits per heavy atom. The Morgan fingerprint density at radius 2 is 1.68 bits per heavy atom. The number of thiocarbonyl (C=S) groups is 1. The molecule has 0 fully saturated rings. The van der Waals surface area contributed by atoms with Crippen LogP contribution in [0.5, 0.6) is 0 Å². The van der Waals surface area contributed by atoms with Crippen molar-refractivity contribution in [3.8, 4) is 0 Å². The van der Waals surface area contributed by atoms with E-state index in [1.54, 1.807) is 0 Å². The molecule has 0 radical (unpaired) electrons. The highest BCUT2D eigenvalue weighted by Gasteiger charge is 2.11. The summed E-state index contributed by atoms with van der Waals surface area (Å²) in [5.41, 5.74) is 4.76. The molecule has 0 atom stereocenters. The topological polar surface area (TPSA) is 15.8 Å². The van der Waals surface area contributed by atoms with E-state index >= 15 is 0 Å². The highest BCUT2D eigenvalue weighted by atomic mass is 32.1. The summed E-state index contributed by atoms with van der Waals surface area (Å²) in [5, 5.41) is 1.26. The first kappa shape index (κ1) is 12.1. The van der Waals surface area contributed by atoms with Gasteiger partial charge in [-0.15, -0.1) is 0 Å². The zero-order valence-electron chi connectivity index (χ0n) is 10.8. The lowest BCUT2D eigenvalue weighted by atomic mass is 10.1. The second-order valence-electron chi connectivity index (χ2n) is 4.76. The fraction of sp³-hybridized carbons (Fsp3) is 0.118. The van der Waals surface area contributed by atoms with Gasteiger partial charge in [0.05, 0.1) is 5.69 Å². The van der Waals surface area contributed by atoms with Crippen molar-refractivity contribution in [2.24, 2.45) is 0 Å². The van der Waals surface area contributed by atoms with Crippen LogP contribution in [0.2, 0.25) is 0 Å². The Labute approximate surface area is 118 Å². The van der Waals surface area contributed by atoms with Crippen molar-refractivity contribution in [2.75, 3.05) is 0 Å². The van der Waals surface area contributed by atoms with E-state index in [1.807, 2.05) is 12.1 Å². The van der Waals surface area contributed by atoms with Gasteiger partial charge in [0.2, 0.25) is 0 Å². The summed E-state index contributed by atoms with van der Waals surface area (Å²) in [6.45, 7) is 2.13. The van der Waals surface area contributed by atoms with Crippen LogP contribution in [0, 0.1) is 6.92 Å². The van der Waals surface area contributed by atoms with Crippen LogP contribution in [0.4, 0.5) is 0 Å². The van der Waals surface area contributed by atoms with Crippen molar-refractivity contribution in [1.29, 1.82) is 0 Å². The summed E-state index contributed by atoms with van der Waals surface area (Å²) in [6.07, 6.45) is 0.809. The quantitative estimate of drug-likeness (QED) is 0.547. The molecule has 0 saturated heterocycles. The Bertz CT molecular complexity index is 725. The maximum absolute atomic E-state index is 5.60. The van der Waals surface area contributed by atoms with Gasteiger partial charge in [0.15, 0.2) is 0 Å². The molecule has 1 nitrogen and oxygen atoms in total. The van der Waals surface area contributed by atoms with Crippen LogP contribution in [0.25, 0.3) is 10.9 Å². The van der Waals surface area contributed by atoms with E-state index in [1.165, 1.54) is 16.5 Å². The standard InChI is InChI=1S/C17H15NS/c1-12-14-9-5-6-10-15(14)18-17(12)16(19)11-13-7-3-2-4-8-13/h2-10,18H,11H2,1H3. The molecule has 1 heterocycles. The molecule has 1 aromatic heterocycles. The van der Waals surface area contributed by atoms with Gasteiger partial charge in [-0.1, -0.05) is 60.7 Å². The monoisotopic (exact) mass is 265 g/mol. The van der Waals surface area contributed by atoms with E-state index in [9.17, 15) is 0 Å². The van der Waals surface area contributed by atoms with Gasteiger partial charge in [0.1, 0.15) is 0 Å². The number of benzene rings is 2. The summed E-state index contributed by atoms with van der Waals surface area (Å²) in [4.78, 5) is 4.41. The number of aromatic amines is 1. The summed E-state index contributed by atoms with van der Waals surface area (Å²) < 4.78 is 0. The molecule has 2 aromatic carbocycles. The largest absolute Gasteiger partial charge is 0.354 e. The summed E-state index contributed by atoms with van der Waals surface area (Å²) in [6, 6.07) is 18.7. The van der Waals surface area contributed by atoms with Crippen molar-refractivity contribution < 1.29 is 0 Å². The molecule has 0 aliphatic rings. The number of aromatic nitrogens is 1. The molecule has 0 amide bonds.